The van der Waals surface area contributed by atoms with Crippen LogP contribution < -0.4 is 5.73 Å². The lowest BCUT2D eigenvalue weighted by Gasteiger charge is -2.33. The van der Waals surface area contributed by atoms with Crippen molar-refractivity contribution in [2.75, 3.05) is 12.3 Å². The highest BCUT2D eigenvalue weighted by atomic mass is 16.2. The Kier molecular flexibility index (Phi) is 4.46. The second-order valence-corrected chi connectivity index (χ2v) is 5.45. The minimum absolute atomic E-state index is 0.150. The molecule has 3 heteroatoms. The summed E-state index contributed by atoms with van der Waals surface area (Å²) in [7, 11) is 0. The SMILES string of the molecule is CCN(C(=O)c1ccc(N)c(C)c1)C1CCCCC1. The maximum atomic E-state index is 12.6. The van der Waals surface area contributed by atoms with Gasteiger partial charge in [-0.25, -0.2) is 0 Å². The highest BCUT2D eigenvalue weighted by molar-refractivity contribution is 5.95. The monoisotopic (exact) mass is 260 g/mol. The van der Waals surface area contributed by atoms with Crippen LogP contribution in [0.3, 0.4) is 0 Å². The molecule has 0 unspecified atom stereocenters. The van der Waals surface area contributed by atoms with E-state index in [4.69, 9.17) is 5.73 Å². The van der Waals surface area contributed by atoms with E-state index in [1.807, 2.05) is 30.0 Å². The van der Waals surface area contributed by atoms with E-state index in [1.165, 1.54) is 19.3 Å². The van der Waals surface area contributed by atoms with Crippen LogP contribution >= 0.6 is 0 Å². The van der Waals surface area contributed by atoms with Crippen molar-refractivity contribution in [2.45, 2.75) is 52.0 Å². The van der Waals surface area contributed by atoms with Gasteiger partial charge in [0.2, 0.25) is 0 Å². The Morgan fingerprint density at radius 1 is 1.32 bits per heavy atom. The Hall–Kier alpha value is -1.51. The van der Waals surface area contributed by atoms with Crippen LogP contribution in [0.25, 0.3) is 0 Å². The number of anilines is 1. The van der Waals surface area contributed by atoms with Gasteiger partial charge in [0, 0.05) is 23.8 Å². The predicted octanol–water partition coefficient (Wildman–Crippen LogP) is 3.37. The number of rotatable bonds is 3. The third-order valence-electron chi connectivity index (χ3n) is 4.13. The van der Waals surface area contributed by atoms with Gasteiger partial charge in [0.15, 0.2) is 0 Å². The molecule has 1 amide bonds. The Bertz CT molecular complexity index is 450. The molecule has 0 bridgehead atoms. The molecule has 0 aliphatic heterocycles. The summed E-state index contributed by atoms with van der Waals surface area (Å²) in [5, 5.41) is 0. The molecule has 0 atom stereocenters. The summed E-state index contributed by atoms with van der Waals surface area (Å²) in [5.41, 5.74) is 8.30. The van der Waals surface area contributed by atoms with Crippen molar-refractivity contribution in [3.05, 3.63) is 29.3 Å². The van der Waals surface area contributed by atoms with Crippen LogP contribution in [0.4, 0.5) is 5.69 Å². The molecular weight excluding hydrogens is 236 g/mol. The first-order valence-corrected chi connectivity index (χ1v) is 7.30. The molecule has 1 aliphatic rings. The summed E-state index contributed by atoms with van der Waals surface area (Å²) >= 11 is 0. The number of carbonyl (C=O) groups excluding carboxylic acids is 1. The lowest BCUT2D eigenvalue weighted by molar-refractivity contribution is 0.0648. The van der Waals surface area contributed by atoms with Gasteiger partial charge in [-0.05, 0) is 50.5 Å². The van der Waals surface area contributed by atoms with E-state index in [9.17, 15) is 4.79 Å². The molecule has 0 spiro atoms. The van der Waals surface area contributed by atoms with E-state index in [0.29, 0.717) is 6.04 Å². The highest BCUT2D eigenvalue weighted by Crippen LogP contribution is 2.24. The average molecular weight is 260 g/mol. The third kappa shape index (κ3) is 3.09. The van der Waals surface area contributed by atoms with Crippen molar-refractivity contribution in [3.8, 4) is 0 Å². The van der Waals surface area contributed by atoms with Crippen molar-refractivity contribution in [1.29, 1.82) is 0 Å². The number of hydrogen-bond acceptors (Lipinski definition) is 2. The van der Waals surface area contributed by atoms with Crippen molar-refractivity contribution < 1.29 is 4.79 Å². The predicted molar refractivity (Wildman–Crippen MR) is 79.2 cm³/mol. The van der Waals surface area contributed by atoms with E-state index in [2.05, 4.69) is 6.92 Å². The van der Waals surface area contributed by atoms with Crippen LogP contribution in [0.1, 0.15) is 54.9 Å². The molecule has 0 saturated heterocycles. The zero-order chi connectivity index (χ0) is 13.8. The molecule has 1 aromatic rings. The molecule has 19 heavy (non-hydrogen) atoms. The molecule has 1 aromatic carbocycles. The van der Waals surface area contributed by atoms with Crippen LogP contribution in [-0.2, 0) is 0 Å². The summed E-state index contributed by atoms with van der Waals surface area (Å²) in [6.45, 7) is 4.80. The van der Waals surface area contributed by atoms with Crippen LogP contribution in [0.2, 0.25) is 0 Å². The maximum absolute atomic E-state index is 12.6. The maximum Gasteiger partial charge on any atom is 0.254 e. The van der Waals surface area contributed by atoms with Gasteiger partial charge in [0.1, 0.15) is 0 Å². The molecule has 104 valence electrons. The fraction of sp³-hybridized carbons (Fsp3) is 0.562. The number of amides is 1. The number of hydrogen-bond donors (Lipinski definition) is 1. The van der Waals surface area contributed by atoms with Gasteiger partial charge in [0.05, 0.1) is 0 Å². The number of benzene rings is 1. The second-order valence-electron chi connectivity index (χ2n) is 5.45. The molecule has 1 fully saturated rings. The van der Waals surface area contributed by atoms with Crippen molar-refractivity contribution >= 4 is 11.6 Å². The van der Waals surface area contributed by atoms with E-state index in [0.717, 1.165) is 36.2 Å². The highest BCUT2D eigenvalue weighted by Gasteiger charge is 2.24. The first-order valence-electron chi connectivity index (χ1n) is 7.30. The molecule has 2 N–H and O–H groups in total. The second kappa shape index (κ2) is 6.09. The molecule has 3 nitrogen and oxygen atoms in total. The molecule has 1 aliphatic carbocycles. The molecule has 1 saturated carbocycles. The van der Waals surface area contributed by atoms with Crippen molar-refractivity contribution in [3.63, 3.8) is 0 Å². The number of carbonyl (C=O) groups is 1. The Labute approximate surface area is 115 Å². The zero-order valence-electron chi connectivity index (χ0n) is 12.0. The van der Waals surface area contributed by atoms with Gasteiger partial charge in [-0.3, -0.25) is 4.79 Å². The normalized spacial score (nSPS) is 16.3. The van der Waals surface area contributed by atoms with E-state index < -0.39 is 0 Å². The van der Waals surface area contributed by atoms with E-state index in [-0.39, 0.29) is 5.91 Å². The van der Waals surface area contributed by atoms with Crippen molar-refractivity contribution in [1.82, 2.24) is 4.90 Å². The third-order valence-corrected chi connectivity index (χ3v) is 4.13. The lowest BCUT2D eigenvalue weighted by atomic mass is 9.93. The number of nitrogens with two attached hydrogens (primary N) is 1. The summed E-state index contributed by atoms with van der Waals surface area (Å²) < 4.78 is 0. The smallest absolute Gasteiger partial charge is 0.254 e. The minimum Gasteiger partial charge on any atom is -0.399 e. The molecular formula is C16H24N2O. The average Bonchev–Trinajstić information content (AvgIpc) is 2.44. The van der Waals surface area contributed by atoms with Crippen molar-refractivity contribution in [2.24, 2.45) is 0 Å². The Morgan fingerprint density at radius 3 is 2.58 bits per heavy atom. The van der Waals surface area contributed by atoms with E-state index in [1.54, 1.807) is 0 Å². The first-order chi connectivity index (χ1) is 9.13. The van der Waals surface area contributed by atoms with Gasteiger partial charge in [0.25, 0.3) is 5.91 Å². The van der Waals surface area contributed by atoms with Crippen LogP contribution in [-0.4, -0.2) is 23.4 Å². The fourth-order valence-electron chi connectivity index (χ4n) is 2.93. The zero-order valence-corrected chi connectivity index (χ0v) is 12.0. The molecule has 2 rings (SSSR count). The topological polar surface area (TPSA) is 46.3 Å². The van der Waals surface area contributed by atoms with Gasteiger partial charge in [-0.2, -0.15) is 0 Å². The molecule has 0 radical (unpaired) electrons. The van der Waals surface area contributed by atoms with Gasteiger partial charge in [-0.1, -0.05) is 19.3 Å². The molecule has 0 heterocycles. The van der Waals surface area contributed by atoms with E-state index >= 15 is 0 Å². The minimum atomic E-state index is 0.150. The Balaban J connectivity index is 2.17. The van der Waals surface area contributed by atoms with Gasteiger partial charge < -0.3 is 10.6 Å². The van der Waals surface area contributed by atoms with Gasteiger partial charge >= 0.3 is 0 Å². The number of nitrogen functional groups attached to an aromatic ring is 1. The van der Waals surface area contributed by atoms with Crippen LogP contribution in [0.5, 0.6) is 0 Å². The van der Waals surface area contributed by atoms with Crippen LogP contribution in [0.15, 0.2) is 18.2 Å². The largest absolute Gasteiger partial charge is 0.399 e. The summed E-state index contributed by atoms with van der Waals surface area (Å²) in [4.78, 5) is 14.7. The first kappa shape index (κ1) is 13.9. The van der Waals surface area contributed by atoms with Crippen LogP contribution in [0, 0.1) is 6.92 Å². The fourth-order valence-corrected chi connectivity index (χ4v) is 2.93. The number of nitrogens with zero attached hydrogens (tertiary/aromatic N) is 1. The summed E-state index contributed by atoms with van der Waals surface area (Å²) in [6, 6.07) is 6.00. The quantitative estimate of drug-likeness (QED) is 0.847. The summed E-state index contributed by atoms with van der Waals surface area (Å²) in [6.07, 6.45) is 6.09. The summed E-state index contributed by atoms with van der Waals surface area (Å²) in [5.74, 6) is 0.150. The van der Waals surface area contributed by atoms with Gasteiger partial charge in [-0.15, -0.1) is 0 Å². The lowest BCUT2D eigenvalue weighted by Crippen LogP contribution is -2.41. The molecule has 0 aromatic heterocycles. The Morgan fingerprint density at radius 2 is 2.00 bits per heavy atom. The number of aryl methyl sites for hydroxylation is 1. The standard InChI is InChI=1S/C16H24N2O/c1-3-18(14-7-5-4-6-8-14)16(19)13-9-10-15(17)12(2)11-13/h9-11,14H,3-8,17H2,1-2H3.